The molecule has 2 fully saturated rings. The Morgan fingerprint density at radius 2 is 1.86 bits per heavy atom. The number of carbonyl (C=O) groups is 2. The van der Waals surface area contributed by atoms with Crippen LogP contribution in [-0.2, 0) is 28.4 Å². The van der Waals surface area contributed by atoms with Crippen molar-refractivity contribution in [3.8, 4) is 0 Å². The monoisotopic (exact) mass is 434 g/mol. The van der Waals surface area contributed by atoms with Crippen LogP contribution in [0.25, 0.3) is 0 Å². The van der Waals surface area contributed by atoms with E-state index in [0.717, 1.165) is 43.6 Å². The molecule has 0 radical (unpaired) electrons. The number of urea groups is 1. The van der Waals surface area contributed by atoms with Crippen LogP contribution in [0.5, 0.6) is 0 Å². The van der Waals surface area contributed by atoms with Gasteiger partial charge in [-0.3, -0.25) is 4.79 Å². The molecule has 2 amide bonds. The minimum absolute atomic E-state index is 0.0478. The van der Waals surface area contributed by atoms with Gasteiger partial charge in [-0.1, -0.05) is 32.6 Å². The van der Waals surface area contributed by atoms with Crippen molar-refractivity contribution in [3.63, 3.8) is 0 Å². The quantitative estimate of drug-likeness (QED) is 0.344. The maximum Gasteiger partial charge on any atom is 0.421 e. The summed E-state index contributed by atoms with van der Waals surface area (Å²) in [7, 11) is -4.49. The van der Waals surface area contributed by atoms with Gasteiger partial charge in [0.25, 0.3) is 0 Å². The number of carbonyl (C=O) groups excluding carboxylic acids is 2. The van der Waals surface area contributed by atoms with Gasteiger partial charge in [-0.15, -0.1) is 4.28 Å². The third-order valence-electron chi connectivity index (χ3n) is 5.39. The predicted octanol–water partition coefficient (Wildman–Crippen LogP) is 3.01. The molecule has 2 aliphatic rings. The summed E-state index contributed by atoms with van der Waals surface area (Å²) in [6.07, 6.45) is 6.61. The number of hydroxylamine groups is 2. The Bertz CT molecular complexity index is 680. The SMILES string of the molecule is CCCCCCCOC(=O)C(C)(C)COS(=O)(=O)ON1C(=O)N2C[C@H]1CC[C@H]2C. The fourth-order valence-electron chi connectivity index (χ4n) is 3.39. The number of hydrogen-bond donors (Lipinski definition) is 0. The molecule has 0 aromatic rings. The van der Waals surface area contributed by atoms with Crippen molar-refractivity contribution >= 4 is 22.4 Å². The zero-order valence-electron chi connectivity index (χ0n) is 17.9. The van der Waals surface area contributed by atoms with Gasteiger partial charge in [0.05, 0.1) is 24.7 Å². The summed E-state index contributed by atoms with van der Waals surface area (Å²) in [5, 5.41) is 0.875. The Balaban J connectivity index is 1.79. The highest BCUT2D eigenvalue weighted by Crippen LogP contribution is 2.31. The largest absolute Gasteiger partial charge is 0.465 e. The zero-order chi connectivity index (χ0) is 21.7. The maximum atomic E-state index is 12.3. The molecule has 2 bridgehead atoms. The lowest BCUT2D eigenvalue weighted by atomic mass is 9.95. The summed E-state index contributed by atoms with van der Waals surface area (Å²) in [4.78, 5) is 26.2. The second-order valence-electron chi connectivity index (χ2n) is 8.52. The number of fused-ring (bicyclic) bond motifs is 2. The molecule has 10 heteroatoms. The van der Waals surface area contributed by atoms with Crippen molar-refractivity contribution in [3.05, 3.63) is 0 Å². The molecule has 168 valence electrons. The normalized spacial score (nSPS) is 22.3. The first-order valence-corrected chi connectivity index (χ1v) is 11.8. The lowest BCUT2D eigenvalue weighted by Crippen LogP contribution is -2.38. The summed E-state index contributed by atoms with van der Waals surface area (Å²) in [5.41, 5.74) is -1.16. The minimum Gasteiger partial charge on any atom is -0.465 e. The molecule has 2 atom stereocenters. The Morgan fingerprint density at radius 1 is 1.17 bits per heavy atom. The van der Waals surface area contributed by atoms with Gasteiger partial charge in [0, 0.05) is 12.6 Å². The molecular formula is C19H34N2O7S. The number of rotatable bonds is 12. The number of amides is 2. The average Bonchev–Trinajstić information content (AvgIpc) is 2.91. The van der Waals surface area contributed by atoms with Crippen LogP contribution in [-0.4, -0.2) is 62.2 Å². The van der Waals surface area contributed by atoms with Gasteiger partial charge in [0.2, 0.25) is 0 Å². The van der Waals surface area contributed by atoms with E-state index < -0.39 is 34.4 Å². The highest BCUT2D eigenvalue weighted by atomic mass is 32.3. The Hall–Kier alpha value is -1.39. The molecule has 0 aliphatic carbocycles. The number of esters is 1. The lowest BCUT2D eigenvalue weighted by Gasteiger charge is -2.27. The predicted molar refractivity (Wildman–Crippen MR) is 106 cm³/mol. The lowest BCUT2D eigenvalue weighted by molar-refractivity contribution is -0.156. The number of piperidine rings is 1. The van der Waals surface area contributed by atoms with Crippen LogP contribution in [0.4, 0.5) is 4.79 Å². The molecule has 0 aromatic heterocycles. The molecule has 0 N–H and O–H groups in total. The summed E-state index contributed by atoms with van der Waals surface area (Å²) in [6.45, 7) is 7.44. The van der Waals surface area contributed by atoms with Crippen molar-refractivity contribution in [1.82, 2.24) is 9.96 Å². The fraction of sp³-hybridized carbons (Fsp3) is 0.895. The van der Waals surface area contributed by atoms with Gasteiger partial charge in [0.15, 0.2) is 0 Å². The maximum absolute atomic E-state index is 12.3. The Labute approximate surface area is 173 Å². The summed E-state index contributed by atoms with van der Waals surface area (Å²) < 4.78 is 39.5. The third kappa shape index (κ3) is 6.55. The van der Waals surface area contributed by atoms with Crippen molar-refractivity contribution in [2.24, 2.45) is 5.41 Å². The van der Waals surface area contributed by atoms with E-state index in [-0.39, 0.29) is 12.1 Å². The Kier molecular flexibility index (Phi) is 8.30. The van der Waals surface area contributed by atoms with Crippen LogP contribution in [0.3, 0.4) is 0 Å². The third-order valence-corrected chi connectivity index (χ3v) is 6.14. The van der Waals surface area contributed by atoms with E-state index in [1.54, 1.807) is 18.7 Å². The van der Waals surface area contributed by atoms with Crippen molar-refractivity contribution in [1.29, 1.82) is 0 Å². The second kappa shape index (κ2) is 10.1. The van der Waals surface area contributed by atoms with Crippen molar-refractivity contribution in [2.75, 3.05) is 19.8 Å². The van der Waals surface area contributed by atoms with Gasteiger partial charge in [-0.25, -0.2) is 8.98 Å². The number of hydrogen-bond acceptors (Lipinski definition) is 7. The first-order valence-electron chi connectivity index (χ1n) is 10.4. The molecule has 0 aromatic carbocycles. The first-order chi connectivity index (χ1) is 13.6. The molecule has 0 spiro atoms. The standard InChI is InChI=1S/C19H34N2O7S/c1-5-6-7-8-9-12-26-17(22)19(3,4)14-27-29(24,25)28-21-16-11-10-15(2)20(13-16)18(21)23/h15-16H,5-14H2,1-4H3/t15-,16-/m1/s1. The van der Waals surface area contributed by atoms with Crippen LogP contribution in [0.1, 0.15) is 72.6 Å². The number of nitrogens with zero attached hydrogens (tertiary/aromatic N) is 2. The van der Waals surface area contributed by atoms with Crippen molar-refractivity contribution < 1.29 is 31.2 Å². The van der Waals surface area contributed by atoms with Crippen LogP contribution >= 0.6 is 0 Å². The van der Waals surface area contributed by atoms with E-state index >= 15 is 0 Å². The van der Waals surface area contributed by atoms with E-state index in [4.69, 9.17) is 13.2 Å². The summed E-state index contributed by atoms with van der Waals surface area (Å²) in [6, 6.07) is -0.747. The molecule has 9 nitrogen and oxygen atoms in total. The molecule has 29 heavy (non-hydrogen) atoms. The van der Waals surface area contributed by atoms with Gasteiger partial charge < -0.3 is 9.64 Å². The zero-order valence-corrected chi connectivity index (χ0v) is 18.7. The number of ether oxygens (including phenoxy) is 1. The molecule has 2 saturated heterocycles. The van der Waals surface area contributed by atoms with E-state index in [1.807, 2.05) is 6.92 Å². The summed E-state index contributed by atoms with van der Waals surface area (Å²) >= 11 is 0. The molecule has 2 aliphatic heterocycles. The van der Waals surface area contributed by atoms with E-state index in [9.17, 15) is 18.0 Å². The van der Waals surface area contributed by atoms with Crippen molar-refractivity contribution in [2.45, 2.75) is 84.7 Å². The molecule has 2 heterocycles. The van der Waals surface area contributed by atoms with Gasteiger partial charge >= 0.3 is 22.4 Å². The molecule has 0 unspecified atom stereocenters. The van der Waals surface area contributed by atoms with Gasteiger partial charge in [0.1, 0.15) is 0 Å². The second-order valence-corrected chi connectivity index (χ2v) is 9.72. The highest BCUT2D eigenvalue weighted by molar-refractivity contribution is 7.81. The number of unbranched alkanes of at least 4 members (excludes halogenated alkanes) is 4. The molecule has 2 rings (SSSR count). The van der Waals surface area contributed by atoms with Crippen LogP contribution in [0.15, 0.2) is 0 Å². The summed E-state index contributed by atoms with van der Waals surface area (Å²) in [5.74, 6) is -0.531. The van der Waals surface area contributed by atoms with Gasteiger partial charge in [-0.05, 0) is 40.0 Å². The highest BCUT2D eigenvalue weighted by Gasteiger charge is 2.46. The fourth-order valence-corrected chi connectivity index (χ4v) is 4.25. The van der Waals surface area contributed by atoms with E-state index in [2.05, 4.69) is 6.92 Å². The van der Waals surface area contributed by atoms with Crippen LogP contribution in [0.2, 0.25) is 0 Å². The van der Waals surface area contributed by atoms with Gasteiger partial charge in [-0.2, -0.15) is 13.5 Å². The van der Waals surface area contributed by atoms with E-state index in [0.29, 0.717) is 19.6 Å². The first kappa shape index (κ1) is 23.9. The Morgan fingerprint density at radius 3 is 2.52 bits per heavy atom. The van der Waals surface area contributed by atoms with E-state index in [1.165, 1.54) is 0 Å². The smallest absolute Gasteiger partial charge is 0.421 e. The topological polar surface area (TPSA) is 102 Å². The van der Waals surface area contributed by atoms with Crippen LogP contribution < -0.4 is 0 Å². The molecule has 0 saturated carbocycles. The minimum atomic E-state index is -4.49. The molecular weight excluding hydrogens is 400 g/mol. The van der Waals surface area contributed by atoms with Crippen LogP contribution in [0, 0.1) is 5.41 Å². The average molecular weight is 435 g/mol.